The highest BCUT2D eigenvalue weighted by atomic mass is 19.3. The summed E-state index contributed by atoms with van der Waals surface area (Å²) in [6.07, 6.45) is 5.00. The van der Waals surface area contributed by atoms with Crippen LogP contribution in [-0.4, -0.2) is 71.7 Å². The van der Waals surface area contributed by atoms with E-state index in [4.69, 9.17) is 0 Å². The van der Waals surface area contributed by atoms with Crippen molar-refractivity contribution in [3.05, 3.63) is 36.8 Å². The van der Waals surface area contributed by atoms with E-state index in [9.17, 15) is 27.8 Å². The average Bonchev–Trinajstić information content (AvgIpc) is 3.38. The predicted molar refractivity (Wildman–Crippen MR) is 136 cm³/mol. The van der Waals surface area contributed by atoms with E-state index in [0.29, 0.717) is 58.9 Å². The molecular formula is C25H30F4N8O2. The number of hydrogen-bond donors (Lipinski definition) is 4. The summed E-state index contributed by atoms with van der Waals surface area (Å²) in [5.41, 5.74) is 0.729. The molecule has 3 aromatic heterocycles. The smallest absolute Gasteiger partial charge is 0.333 e. The highest BCUT2D eigenvalue weighted by Crippen LogP contribution is 2.35. The second-order valence-corrected chi connectivity index (χ2v) is 10.3. The molecule has 2 fully saturated rings. The minimum absolute atomic E-state index is 0.0400. The lowest BCUT2D eigenvalue weighted by atomic mass is 9.83. The number of aliphatic hydroxyl groups is 2. The molecule has 0 spiro atoms. The van der Waals surface area contributed by atoms with E-state index < -0.39 is 30.7 Å². The van der Waals surface area contributed by atoms with Gasteiger partial charge in [-0.1, -0.05) is 0 Å². The van der Waals surface area contributed by atoms with Gasteiger partial charge in [0, 0.05) is 48.5 Å². The minimum Gasteiger partial charge on any atom is -0.390 e. The molecule has 1 atom stereocenters. The Morgan fingerprint density at radius 3 is 2.56 bits per heavy atom. The Morgan fingerprint density at radius 1 is 1.10 bits per heavy atom. The lowest BCUT2D eigenvalue weighted by Gasteiger charge is -2.35. The Bertz CT molecular complexity index is 1290. The molecule has 1 unspecified atom stereocenters. The molecule has 14 heteroatoms. The number of halogens is 4. The van der Waals surface area contributed by atoms with Gasteiger partial charge in [0.05, 0.1) is 17.8 Å². The van der Waals surface area contributed by atoms with Crippen LogP contribution >= 0.6 is 0 Å². The molecule has 39 heavy (non-hydrogen) atoms. The number of pyridine rings is 1. The van der Waals surface area contributed by atoms with Crippen LogP contribution in [0, 0.1) is 0 Å². The van der Waals surface area contributed by atoms with Crippen molar-refractivity contribution in [1.82, 2.24) is 24.7 Å². The maximum atomic E-state index is 14.0. The molecule has 4 heterocycles. The largest absolute Gasteiger partial charge is 0.390 e. The maximum Gasteiger partial charge on any atom is 0.333 e. The molecule has 1 aliphatic heterocycles. The fourth-order valence-corrected chi connectivity index (χ4v) is 4.84. The molecule has 0 radical (unpaired) electrons. The molecule has 0 bridgehead atoms. The third kappa shape index (κ3) is 6.22. The van der Waals surface area contributed by atoms with Crippen molar-refractivity contribution in [2.24, 2.45) is 0 Å². The van der Waals surface area contributed by atoms with Crippen LogP contribution in [0.2, 0.25) is 0 Å². The first-order valence-electron chi connectivity index (χ1n) is 12.7. The minimum atomic E-state index is -3.27. The average molecular weight is 551 g/mol. The van der Waals surface area contributed by atoms with E-state index in [1.54, 1.807) is 12.1 Å². The lowest BCUT2D eigenvalue weighted by Crippen LogP contribution is -2.52. The number of anilines is 4. The monoisotopic (exact) mass is 550 g/mol. The van der Waals surface area contributed by atoms with Crippen LogP contribution in [-0.2, 0) is 0 Å². The summed E-state index contributed by atoms with van der Waals surface area (Å²) >= 11 is 0. The van der Waals surface area contributed by atoms with Gasteiger partial charge in [-0.25, -0.2) is 23.4 Å². The normalized spacial score (nSPS) is 25.1. The van der Waals surface area contributed by atoms with Crippen molar-refractivity contribution in [2.75, 3.05) is 28.6 Å². The quantitative estimate of drug-likeness (QED) is 0.321. The molecular weight excluding hydrogens is 520 g/mol. The van der Waals surface area contributed by atoms with Crippen molar-refractivity contribution >= 4 is 23.3 Å². The van der Waals surface area contributed by atoms with E-state index in [-0.39, 0.29) is 25.0 Å². The zero-order chi connectivity index (χ0) is 27.8. The topological polar surface area (TPSA) is 124 Å². The molecule has 1 saturated carbocycles. The van der Waals surface area contributed by atoms with Gasteiger partial charge in [0.15, 0.2) is 0 Å². The van der Waals surface area contributed by atoms with Crippen LogP contribution in [0.3, 0.4) is 0 Å². The summed E-state index contributed by atoms with van der Waals surface area (Å²) in [7, 11) is 0. The van der Waals surface area contributed by atoms with Gasteiger partial charge in [0.25, 0.3) is 5.92 Å². The summed E-state index contributed by atoms with van der Waals surface area (Å²) in [4.78, 5) is 14.2. The Morgan fingerprint density at radius 2 is 1.87 bits per heavy atom. The van der Waals surface area contributed by atoms with Crippen molar-refractivity contribution in [1.29, 1.82) is 0 Å². The number of piperidine rings is 1. The van der Waals surface area contributed by atoms with Gasteiger partial charge in [-0.3, -0.25) is 0 Å². The van der Waals surface area contributed by atoms with Crippen LogP contribution in [0.1, 0.15) is 45.6 Å². The number of nitrogens with one attached hydrogen (secondary N) is 2. The van der Waals surface area contributed by atoms with Gasteiger partial charge in [-0.15, -0.1) is 0 Å². The molecule has 4 N–H and O–H groups in total. The lowest BCUT2D eigenvalue weighted by molar-refractivity contribution is -0.113. The van der Waals surface area contributed by atoms with Crippen molar-refractivity contribution in [3.8, 4) is 11.3 Å². The van der Waals surface area contributed by atoms with Gasteiger partial charge in [0.1, 0.15) is 17.7 Å². The van der Waals surface area contributed by atoms with Gasteiger partial charge >= 0.3 is 6.55 Å². The number of hydrogen-bond acceptors (Lipinski definition) is 9. The number of alkyl halides is 4. The Hall–Kier alpha value is -3.52. The molecule has 210 valence electrons. The summed E-state index contributed by atoms with van der Waals surface area (Å²) in [5.74, 6) is -2.49. The zero-order valence-electron chi connectivity index (χ0n) is 21.2. The first kappa shape index (κ1) is 27.1. The van der Waals surface area contributed by atoms with Crippen LogP contribution in [0.5, 0.6) is 0 Å². The number of nitrogens with zero attached hydrogens (tertiary/aromatic N) is 6. The number of rotatable bonds is 7. The fraction of sp³-hybridized carbons (Fsp3) is 0.520. The van der Waals surface area contributed by atoms with Crippen LogP contribution in [0.15, 0.2) is 36.8 Å². The summed E-state index contributed by atoms with van der Waals surface area (Å²) in [6, 6.07) is 4.79. The highest BCUT2D eigenvalue weighted by molar-refractivity contribution is 5.77. The van der Waals surface area contributed by atoms with Gasteiger partial charge in [-0.05, 0) is 51.2 Å². The second kappa shape index (κ2) is 10.6. The molecule has 3 aromatic rings. The molecule has 5 rings (SSSR count). The van der Waals surface area contributed by atoms with E-state index in [1.165, 1.54) is 29.6 Å². The summed E-state index contributed by atoms with van der Waals surface area (Å²) < 4.78 is 54.9. The Labute approximate surface area is 222 Å². The predicted octanol–water partition coefficient (Wildman–Crippen LogP) is 4.19. The van der Waals surface area contributed by atoms with Gasteiger partial charge in [-0.2, -0.15) is 18.9 Å². The van der Waals surface area contributed by atoms with Crippen LogP contribution in [0.25, 0.3) is 11.3 Å². The molecule has 10 nitrogen and oxygen atoms in total. The molecule has 1 saturated heterocycles. The summed E-state index contributed by atoms with van der Waals surface area (Å²) in [5, 5.41) is 30.3. The van der Waals surface area contributed by atoms with Crippen LogP contribution < -0.4 is 15.5 Å². The number of aliphatic hydroxyl groups excluding tert-OH is 1. The van der Waals surface area contributed by atoms with Crippen molar-refractivity contribution < 1.29 is 27.8 Å². The Kier molecular flexibility index (Phi) is 7.33. The SMILES string of the molecule is CC1(O)CCC(Nc2cc(Nc3ccnc(N4CCC(O)C(F)(F)C4)n3)ncc2-c2ccn(C(F)F)n2)CC1. The van der Waals surface area contributed by atoms with Crippen LogP contribution in [0.4, 0.5) is 40.8 Å². The van der Waals surface area contributed by atoms with E-state index in [2.05, 4.69) is 30.7 Å². The maximum absolute atomic E-state index is 14.0. The molecule has 0 aromatic carbocycles. The molecule has 0 amide bonds. The van der Waals surface area contributed by atoms with Gasteiger partial charge < -0.3 is 25.7 Å². The third-order valence-corrected chi connectivity index (χ3v) is 7.15. The standard InChI is InChI=1S/C25H30F4N8O2/c1-24(39)7-2-15(3-8-24)32-18-12-21(31-13-16(18)17-5-11-37(35-17)22(26)27)33-20-4-9-30-23(34-20)36-10-6-19(38)25(28,29)14-36/h4-5,9,11-13,15,19,22,38-39H,2-3,6-8,10,14H2,1H3,(H2,30,31,32,33,34). The van der Waals surface area contributed by atoms with E-state index in [1.807, 2.05) is 6.92 Å². The van der Waals surface area contributed by atoms with Gasteiger partial charge in [0.2, 0.25) is 5.95 Å². The van der Waals surface area contributed by atoms with Crippen molar-refractivity contribution in [2.45, 2.75) is 69.2 Å². The highest BCUT2D eigenvalue weighted by Gasteiger charge is 2.44. The first-order valence-corrected chi connectivity index (χ1v) is 12.7. The summed E-state index contributed by atoms with van der Waals surface area (Å²) in [6.45, 7) is -1.48. The third-order valence-electron chi connectivity index (χ3n) is 7.15. The molecule has 1 aliphatic carbocycles. The first-order chi connectivity index (χ1) is 18.5. The van der Waals surface area contributed by atoms with E-state index >= 15 is 0 Å². The molecule has 2 aliphatic rings. The fourth-order valence-electron chi connectivity index (χ4n) is 4.84. The zero-order valence-corrected chi connectivity index (χ0v) is 21.2. The van der Waals surface area contributed by atoms with Crippen molar-refractivity contribution in [3.63, 3.8) is 0 Å². The second-order valence-electron chi connectivity index (χ2n) is 10.3. The van der Waals surface area contributed by atoms with E-state index in [0.717, 1.165) is 0 Å². The number of aromatic nitrogens is 5. The Balaban J connectivity index is 1.39.